The highest BCUT2D eigenvalue weighted by molar-refractivity contribution is 7.12. The molecule has 13 heavy (non-hydrogen) atoms. The lowest BCUT2D eigenvalue weighted by atomic mass is 10.1. The first kappa shape index (κ1) is 9.22. The van der Waals surface area contributed by atoms with Crippen molar-refractivity contribution in [2.45, 2.75) is 45.1 Å². The highest BCUT2D eigenvalue weighted by Crippen LogP contribution is 2.31. The molecule has 72 valence electrons. The molecule has 1 aliphatic carbocycles. The van der Waals surface area contributed by atoms with Crippen LogP contribution in [0.5, 0.6) is 0 Å². The average molecular weight is 196 g/mol. The smallest absolute Gasteiger partial charge is 0.0854 e. The van der Waals surface area contributed by atoms with Crippen LogP contribution in [0.3, 0.4) is 0 Å². The second-order valence-electron chi connectivity index (χ2n) is 3.83. The molecular formula is C11H16OS. The van der Waals surface area contributed by atoms with E-state index in [1.54, 1.807) is 11.3 Å². The van der Waals surface area contributed by atoms with Gasteiger partial charge >= 0.3 is 0 Å². The minimum atomic E-state index is -0.281. The third-order valence-corrected chi connectivity index (χ3v) is 4.08. The first-order chi connectivity index (χ1) is 6.27. The second kappa shape index (κ2) is 3.81. The van der Waals surface area contributed by atoms with Crippen LogP contribution in [0, 0.1) is 0 Å². The van der Waals surface area contributed by atoms with Crippen LogP contribution in [0.1, 0.15) is 47.6 Å². The summed E-state index contributed by atoms with van der Waals surface area (Å²) in [7, 11) is 0. The molecule has 1 heterocycles. The molecule has 0 saturated heterocycles. The number of thiophene rings is 1. The van der Waals surface area contributed by atoms with Crippen molar-refractivity contribution in [1.82, 2.24) is 0 Å². The van der Waals surface area contributed by atoms with Crippen LogP contribution < -0.4 is 0 Å². The summed E-state index contributed by atoms with van der Waals surface area (Å²) in [5, 5.41) is 9.45. The Balaban J connectivity index is 2.27. The summed E-state index contributed by atoms with van der Waals surface area (Å²) in [5.74, 6) is 0. The van der Waals surface area contributed by atoms with Gasteiger partial charge in [0.2, 0.25) is 0 Å². The van der Waals surface area contributed by atoms with E-state index in [4.69, 9.17) is 0 Å². The molecule has 1 aromatic heterocycles. The molecule has 0 radical (unpaired) electrons. The van der Waals surface area contributed by atoms with E-state index >= 15 is 0 Å². The van der Waals surface area contributed by atoms with Crippen molar-refractivity contribution in [3.05, 3.63) is 21.4 Å². The maximum atomic E-state index is 9.45. The van der Waals surface area contributed by atoms with Gasteiger partial charge in [-0.1, -0.05) is 6.42 Å². The maximum Gasteiger partial charge on any atom is 0.0854 e. The van der Waals surface area contributed by atoms with Crippen molar-refractivity contribution in [2.75, 3.05) is 0 Å². The fourth-order valence-corrected chi connectivity index (χ4v) is 3.09. The Bertz CT molecular complexity index is 265. The molecule has 1 N–H and O–H groups in total. The van der Waals surface area contributed by atoms with Gasteiger partial charge in [0.25, 0.3) is 0 Å². The zero-order valence-electron chi connectivity index (χ0n) is 8.05. The maximum absolute atomic E-state index is 9.45. The molecule has 0 aliphatic heterocycles. The minimum Gasteiger partial charge on any atom is -0.388 e. The van der Waals surface area contributed by atoms with Gasteiger partial charge in [-0.15, -0.1) is 11.3 Å². The Labute approximate surface area is 83.4 Å². The third-order valence-electron chi connectivity index (χ3n) is 2.68. The highest BCUT2D eigenvalue weighted by atomic mass is 32.1. The van der Waals surface area contributed by atoms with Crippen LogP contribution in [-0.4, -0.2) is 5.11 Å². The van der Waals surface area contributed by atoms with Crippen molar-refractivity contribution in [2.24, 2.45) is 0 Å². The Morgan fingerprint density at radius 2 is 2.08 bits per heavy atom. The normalized spacial score (nSPS) is 19.2. The Hall–Kier alpha value is -0.340. The second-order valence-corrected chi connectivity index (χ2v) is 5.00. The van der Waals surface area contributed by atoms with E-state index in [-0.39, 0.29) is 6.10 Å². The lowest BCUT2D eigenvalue weighted by Gasteiger charge is -1.97. The SMILES string of the molecule is CC(O)c1cc2c(s1)CCCCC2. The minimum absolute atomic E-state index is 0.281. The lowest BCUT2D eigenvalue weighted by Crippen LogP contribution is -1.85. The van der Waals surface area contributed by atoms with Crippen molar-refractivity contribution in [3.8, 4) is 0 Å². The van der Waals surface area contributed by atoms with E-state index in [2.05, 4.69) is 6.07 Å². The first-order valence-corrected chi connectivity index (χ1v) is 5.88. The number of rotatable bonds is 1. The fourth-order valence-electron chi connectivity index (χ4n) is 1.90. The summed E-state index contributed by atoms with van der Waals surface area (Å²) >= 11 is 1.81. The van der Waals surface area contributed by atoms with E-state index in [0.717, 1.165) is 4.88 Å². The van der Waals surface area contributed by atoms with Gasteiger partial charge in [-0.3, -0.25) is 0 Å². The first-order valence-electron chi connectivity index (χ1n) is 5.07. The van der Waals surface area contributed by atoms with Gasteiger partial charge in [0.1, 0.15) is 0 Å². The molecule has 1 nitrogen and oxygen atoms in total. The van der Waals surface area contributed by atoms with Crippen LogP contribution in [0.2, 0.25) is 0 Å². The Morgan fingerprint density at radius 3 is 2.85 bits per heavy atom. The van der Waals surface area contributed by atoms with Crippen LogP contribution in [0.4, 0.5) is 0 Å². The van der Waals surface area contributed by atoms with Gasteiger partial charge in [0.15, 0.2) is 0 Å². The van der Waals surface area contributed by atoms with Crippen LogP contribution in [0.15, 0.2) is 6.07 Å². The van der Waals surface area contributed by atoms with Crippen LogP contribution in [-0.2, 0) is 12.8 Å². The molecule has 1 aromatic rings. The molecule has 2 rings (SSSR count). The van der Waals surface area contributed by atoms with Gasteiger partial charge in [-0.05, 0) is 44.2 Å². The summed E-state index contributed by atoms with van der Waals surface area (Å²) in [6.45, 7) is 1.85. The van der Waals surface area contributed by atoms with E-state index in [0.29, 0.717) is 0 Å². The topological polar surface area (TPSA) is 20.2 Å². The molecule has 2 heteroatoms. The summed E-state index contributed by atoms with van der Waals surface area (Å²) < 4.78 is 0. The number of hydrogen-bond acceptors (Lipinski definition) is 2. The average Bonchev–Trinajstić information content (AvgIpc) is 2.38. The summed E-state index contributed by atoms with van der Waals surface area (Å²) in [6.07, 6.45) is 6.18. The zero-order chi connectivity index (χ0) is 9.26. The highest BCUT2D eigenvalue weighted by Gasteiger charge is 2.13. The molecule has 0 spiro atoms. The molecule has 0 amide bonds. The van der Waals surface area contributed by atoms with E-state index < -0.39 is 0 Å². The van der Waals surface area contributed by atoms with E-state index in [9.17, 15) is 5.11 Å². The Kier molecular flexibility index (Phi) is 2.70. The van der Waals surface area contributed by atoms with Crippen molar-refractivity contribution in [3.63, 3.8) is 0 Å². The fraction of sp³-hybridized carbons (Fsp3) is 0.636. The van der Waals surface area contributed by atoms with Crippen molar-refractivity contribution < 1.29 is 5.11 Å². The molecule has 1 aliphatic rings. The molecule has 0 aromatic carbocycles. The quantitative estimate of drug-likeness (QED) is 0.684. The summed E-state index contributed by atoms with van der Waals surface area (Å²) in [6, 6.07) is 2.20. The van der Waals surface area contributed by atoms with Gasteiger partial charge in [0, 0.05) is 9.75 Å². The van der Waals surface area contributed by atoms with Gasteiger partial charge < -0.3 is 5.11 Å². The van der Waals surface area contributed by atoms with Crippen molar-refractivity contribution >= 4 is 11.3 Å². The van der Waals surface area contributed by atoms with Gasteiger partial charge in [0.05, 0.1) is 6.10 Å². The van der Waals surface area contributed by atoms with Crippen LogP contribution >= 0.6 is 11.3 Å². The van der Waals surface area contributed by atoms with E-state index in [1.165, 1.54) is 42.5 Å². The Morgan fingerprint density at radius 1 is 1.31 bits per heavy atom. The lowest BCUT2D eigenvalue weighted by molar-refractivity contribution is 0.203. The summed E-state index contributed by atoms with van der Waals surface area (Å²) in [5.41, 5.74) is 1.50. The largest absolute Gasteiger partial charge is 0.388 e. The standard InChI is InChI=1S/C11H16OS/c1-8(12)11-7-9-5-3-2-4-6-10(9)13-11/h7-8,12H,2-6H2,1H3. The molecule has 0 fully saturated rings. The zero-order valence-corrected chi connectivity index (χ0v) is 8.86. The van der Waals surface area contributed by atoms with Crippen molar-refractivity contribution in [1.29, 1.82) is 0 Å². The van der Waals surface area contributed by atoms with Crippen LogP contribution in [0.25, 0.3) is 0 Å². The molecular weight excluding hydrogens is 180 g/mol. The molecule has 0 bridgehead atoms. The number of hydrogen-bond donors (Lipinski definition) is 1. The number of aliphatic hydroxyl groups is 1. The number of fused-ring (bicyclic) bond motifs is 1. The monoisotopic (exact) mass is 196 g/mol. The predicted molar refractivity (Wildman–Crippen MR) is 56.2 cm³/mol. The van der Waals surface area contributed by atoms with Gasteiger partial charge in [-0.2, -0.15) is 0 Å². The van der Waals surface area contributed by atoms with E-state index in [1.807, 2.05) is 6.92 Å². The predicted octanol–water partition coefficient (Wildman–Crippen LogP) is 3.07. The molecule has 1 atom stereocenters. The summed E-state index contributed by atoms with van der Waals surface area (Å²) in [4.78, 5) is 2.67. The number of aliphatic hydroxyl groups excluding tert-OH is 1. The third kappa shape index (κ3) is 1.94. The number of aryl methyl sites for hydroxylation is 2. The van der Waals surface area contributed by atoms with Gasteiger partial charge in [-0.25, -0.2) is 0 Å². The molecule has 1 unspecified atom stereocenters. The molecule has 0 saturated carbocycles.